The van der Waals surface area contributed by atoms with E-state index in [1.54, 1.807) is 97.1 Å². The maximum atomic E-state index is 13.6. The van der Waals surface area contributed by atoms with Crippen LogP contribution in [0.3, 0.4) is 0 Å². The first-order valence-corrected chi connectivity index (χ1v) is 43.4. The minimum absolute atomic E-state index is 0.0311. The van der Waals surface area contributed by atoms with E-state index in [4.69, 9.17) is 38.6 Å². The summed E-state index contributed by atoms with van der Waals surface area (Å²) in [6.45, 7) is 7.89. The fourth-order valence-corrected chi connectivity index (χ4v) is 16.1. The molecule has 18 rings (SSSR count). The molecule has 8 amide bonds. The van der Waals surface area contributed by atoms with Crippen molar-refractivity contribution >= 4 is 91.4 Å². The topological polar surface area (TPSA) is 459 Å². The third-order valence-corrected chi connectivity index (χ3v) is 25.3. The molecule has 0 atom stereocenters. The average molecular weight is 1910 g/mol. The van der Waals surface area contributed by atoms with Gasteiger partial charge in [-0.15, -0.1) is 28.8 Å². The number of nitrogens with zero attached hydrogens (tertiary/aromatic N) is 4. The number of aliphatic hydroxyl groups is 2. The highest BCUT2D eigenvalue weighted by Crippen LogP contribution is 2.44. The summed E-state index contributed by atoms with van der Waals surface area (Å²) in [4.78, 5) is 145. The maximum Gasteiger partial charge on any atom is 0.394 e. The van der Waals surface area contributed by atoms with Gasteiger partial charge in [0.1, 0.15) is 82.2 Å². The summed E-state index contributed by atoms with van der Waals surface area (Å²) in [5.41, 5.74) is 4.19. The Kier molecular flexibility index (Phi) is 24.4. The number of carbonyl (C=O) groups excluding carboxylic acids is 12. The van der Waals surface area contributed by atoms with Crippen LogP contribution in [0, 0.1) is 0 Å². The van der Waals surface area contributed by atoms with Crippen LogP contribution in [-0.2, 0) is 54.5 Å². The summed E-state index contributed by atoms with van der Waals surface area (Å²) in [5, 5.41) is 26.4. The fourth-order valence-electron chi connectivity index (χ4n) is 14.9. The van der Waals surface area contributed by atoms with Gasteiger partial charge in [0.2, 0.25) is 0 Å². The van der Waals surface area contributed by atoms with Crippen molar-refractivity contribution in [2.24, 2.45) is 0 Å². The van der Waals surface area contributed by atoms with Gasteiger partial charge in [0.05, 0.1) is 66.8 Å². The predicted octanol–water partition coefficient (Wildman–Crippen LogP) is 16.3. The number of aliphatic hydroxyl groups excluding tert-OH is 2. The summed E-state index contributed by atoms with van der Waals surface area (Å²) in [6.07, 6.45) is 0. The van der Waals surface area contributed by atoms with Gasteiger partial charge in [-0.1, -0.05) is 114 Å². The first-order chi connectivity index (χ1) is 64.8. The molecule has 0 unspecified atom stereocenters. The van der Waals surface area contributed by atoms with E-state index in [2.05, 4.69) is 45.7 Å². The van der Waals surface area contributed by atoms with Crippen LogP contribution in [0.25, 0.3) is 0 Å². The summed E-state index contributed by atoms with van der Waals surface area (Å²) < 4.78 is 154. The van der Waals surface area contributed by atoms with Gasteiger partial charge in [0.25, 0.3) is 47.3 Å². The number of carbonyl (C=O) groups is 12. The van der Waals surface area contributed by atoms with Crippen molar-refractivity contribution in [3.63, 3.8) is 0 Å². The number of amides is 8. The number of hydrogen-bond donors (Lipinski definition) is 4. The van der Waals surface area contributed by atoms with Crippen LogP contribution < -0.4 is 28.4 Å². The third kappa shape index (κ3) is 18.0. The molecule has 0 spiro atoms. The van der Waals surface area contributed by atoms with Gasteiger partial charge in [-0.05, 0) is 215 Å². The van der Waals surface area contributed by atoms with Crippen LogP contribution in [0.2, 0.25) is 0 Å². The highest BCUT2D eigenvalue weighted by atomic mass is 32.2. The van der Waals surface area contributed by atoms with Crippen LogP contribution in [0.1, 0.15) is 199 Å². The molecule has 6 heterocycles. The molecule has 696 valence electrons. The van der Waals surface area contributed by atoms with Gasteiger partial charge >= 0.3 is 54.6 Å². The number of esters is 4. The third-order valence-electron chi connectivity index (χ3n) is 22.9. The van der Waals surface area contributed by atoms with Crippen molar-refractivity contribution in [1.82, 2.24) is 20.3 Å². The van der Waals surface area contributed by atoms with E-state index < -0.39 is 121 Å². The van der Waals surface area contributed by atoms with E-state index in [0.29, 0.717) is 46.0 Å². The van der Waals surface area contributed by atoms with E-state index in [1.807, 2.05) is 86.6 Å². The molecule has 12 aromatic carbocycles. The number of imide groups is 4. The normalized spacial score (nSPS) is 14.5. The fraction of sp³-hybridized carbons (Fsp3) is 0.134. The average Bonchev–Trinajstić information content (AvgIpc) is 1.63. The SMILES string of the molecule is CC(C)(c1ccc(Oc2ccc3c(c2)C(=O)N(O)C3=O)cc1)c1ccc(Oc2ccc3c(c2)C(=O)N(O)C3=O)cc1.CC(C)(c1ccc(Oc2ccc3c(c2)C(=O)N(OS(=O)(=O)C(F)(F)CO)C3=O)cc1)c1ccc(Oc2ccc3c(c2)C(=O)N(OS(=O)(=O)C(F)(F)CO)C3=O)cc1.CC(C)(c1ccc(Oc2ccc3c(c2)C(=O)OC3=O)cc1)c1ccc(Oc2ccc3c(c2)C(=O)OC3=O)cc1. The highest BCUT2D eigenvalue weighted by Gasteiger charge is 2.53. The maximum absolute atomic E-state index is 13.6. The Balaban J connectivity index is 0.000000152. The van der Waals surface area contributed by atoms with Gasteiger partial charge in [0, 0.05) is 16.2 Å². The molecule has 0 aliphatic carbocycles. The van der Waals surface area contributed by atoms with Crippen molar-refractivity contribution in [1.29, 1.82) is 0 Å². The molecule has 0 saturated carbocycles. The summed E-state index contributed by atoms with van der Waals surface area (Å²) in [6, 6.07) is 68.7. The number of ether oxygens (including phenoxy) is 8. The van der Waals surface area contributed by atoms with Crippen LogP contribution in [0.4, 0.5) is 17.6 Å². The molecule has 0 saturated heterocycles. The van der Waals surface area contributed by atoms with Gasteiger partial charge < -0.3 is 48.1 Å². The van der Waals surface area contributed by atoms with E-state index >= 15 is 0 Å². The Morgan fingerprint density at radius 3 is 0.635 bits per heavy atom. The van der Waals surface area contributed by atoms with Crippen molar-refractivity contribution in [2.45, 2.75) is 68.3 Å². The Hall–Kier alpha value is -16.3. The van der Waals surface area contributed by atoms with Crippen LogP contribution in [0.5, 0.6) is 69.0 Å². The standard InChI is InChI=1S/C35H26F4N2O14S2.C31H22N2O8.C31H20O8/c1-33(2,19-3-7-21(8-4-19)52-23-11-13-25-27(15-23)31(46)40(29(25)44)54-56(48,49)34(36,37)17-42)20-5-9-22(10-6-20)53-24-12-14-26-28(16-24)32(47)41(30(26)45)55-57(50,51)35(38,39)18-43;1-31(2,17-3-7-19(8-4-17)40-21-11-13-23-25(15-21)29(36)32(38)27(23)34)18-5-9-20(10-6-18)41-22-12-14-24-26(16-22)30(37)33(39)28(24)35;1-31(2,17-3-7-19(8-4-17)36-21-11-13-23-25(15-21)29(34)38-27(23)32)18-5-9-20(10-6-18)37-22-12-14-24-26(16-22)30(35)39-28(24)33/h3-16,42-43H,17-18H2,1-2H3;3-16,38-39H,1-2H3;3-16H,1-2H3. The molecule has 137 heavy (non-hydrogen) atoms. The van der Waals surface area contributed by atoms with Crippen molar-refractivity contribution < 1.29 is 159 Å². The lowest BCUT2D eigenvalue weighted by atomic mass is 9.78. The van der Waals surface area contributed by atoms with Gasteiger partial charge in [-0.3, -0.25) is 48.8 Å². The molecular weight excluding hydrogens is 1840 g/mol. The Morgan fingerprint density at radius 2 is 0.416 bits per heavy atom. The van der Waals surface area contributed by atoms with Gasteiger partial charge in [0.15, 0.2) is 0 Å². The minimum Gasteiger partial charge on any atom is -0.457 e. The molecule has 0 radical (unpaired) electrons. The first kappa shape index (κ1) is 93.9. The second-order valence-corrected chi connectivity index (χ2v) is 35.8. The monoisotopic (exact) mass is 1910 g/mol. The molecule has 0 fully saturated rings. The number of rotatable bonds is 26. The zero-order chi connectivity index (χ0) is 98.2. The second-order valence-electron chi connectivity index (χ2n) is 32.5. The zero-order valence-corrected chi connectivity index (χ0v) is 73.3. The van der Waals surface area contributed by atoms with Crippen molar-refractivity contribution in [3.8, 4) is 69.0 Å². The van der Waals surface area contributed by atoms with E-state index in [1.165, 1.54) is 60.7 Å². The number of hydroxylamine groups is 8. The lowest BCUT2D eigenvalue weighted by Crippen LogP contribution is -2.41. The van der Waals surface area contributed by atoms with Gasteiger partial charge in [-0.2, -0.15) is 34.4 Å². The van der Waals surface area contributed by atoms with Crippen LogP contribution in [0.15, 0.2) is 255 Å². The second kappa shape index (κ2) is 35.6. The number of halogens is 4. The predicted molar refractivity (Wildman–Crippen MR) is 463 cm³/mol. The quantitative estimate of drug-likeness (QED) is 0.0129. The molecule has 6 aliphatic heterocycles. The van der Waals surface area contributed by atoms with Crippen LogP contribution in [-0.4, -0.2) is 153 Å². The highest BCUT2D eigenvalue weighted by molar-refractivity contribution is 7.88. The Labute approximate surface area is 772 Å². The summed E-state index contributed by atoms with van der Waals surface area (Å²) >= 11 is 0. The number of hydrogen-bond acceptors (Lipinski definition) is 30. The number of benzene rings is 12. The molecule has 0 aromatic heterocycles. The molecule has 12 aromatic rings. The molecular formula is C97H68F4N4O30S2. The van der Waals surface area contributed by atoms with E-state index in [9.17, 15) is 102 Å². The summed E-state index contributed by atoms with van der Waals surface area (Å²) in [7, 11) is -11.8. The van der Waals surface area contributed by atoms with E-state index in [-0.39, 0.29) is 121 Å². The van der Waals surface area contributed by atoms with Crippen molar-refractivity contribution in [3.05, 3.63) is 355 Å². The smallest absolute Gasteiger partial charge is 0.394 e. The Bertz CT molecular complexity index is 6940. The lowest BCUT2D eigenvalue weighted by molar-refractivity contribution is -0.0355. The molecule has 0 bridgehead atoms. The van der Waals surface area contributed by atoms with Crippen LogP contribution >= 0.6 is 0 Å². The molecule has 40 heteroatoms. The molecule has 34 nitrogen and oxygen atoms in total. The van der Waals surface area contributed by atoms with Crippen molar-refractivity contribution in [2.75, 3.05) is 13.2 Å². The molecule has 4 N–H and O–H groups in total. The Morgan fingerprint density at radius 1 is 0.248 bits per heavy atom. The number of fused-ring (bicyclic) bond motifs is 6. The lowest BCUT2D eigenvalue weighted by Gasteiger charge is -2.26. The van der Waals surface area contributed by atoms with E-state index in [0.717, 1.165) is 57.6 Å². The number of alkyl halides is 4. The number of cyclic esters (lactones) is 4. The zero-order valence-electron chi connectivity index (χ0n) is 71.7. The summed E-state index contributed by atoms with van der Waals surface area (Å²) in [5.74, 6) is -6.71. The first-order valence-electron chi connectivity index (χ1n) is 40.6. The molecule has 6 aliphatic rings. The minimum atomic E-state index is -5.90. The van der Waals surface area contributed by atoms with Gasteiger partial charge in [-0.25, -0.2) is 19.2 Å². The largest absolute Gasteiger partial charge is 0.457 e.